The molecular weight excluding hydrogens is 302 g/mol. The molecule has 1 aromatic carbocycles. The van der Waals surface area contributed by atoms with Gasteiger partial charge in [0.25, 0.3) is 0 Å². The number of halogens is 1. The first-order valence-corrected chi connectivity index (χ1v) is 7.90. The van der Waals surface area contributed by atoms with E-state index >= 15 is 0 Å². The summed E-state index contributed by atoms with van der Waals surface area (Å²) in [5.74, 6) is 2.62. The molecule has 0 aliphatic heterocycles. The quantitative estimate of drug-likeness (QED) is 0.857. The Hall–Kier alpha value is -0.540. The molecule has 0 spiro atoms. The molecular formula is C16H24BrNO. The number of benzene rings is 1. The van der Waals surface area contributed by atoms with Gasteiger partial charge in [-0.2, -0.15) is 0 Å². The third-order valence-corrected chi connectivity index (χ3v) is 4.90. The van der Waals surface area contributed by atoms with Gasteiger partial charge >= 0.3 is 0 Å². The van der Waals surface area contributed by atoms with Gasteiger partial charge in [-0.3, -0.25) is 0 Å². The molecule has 1 aliphatic rings. The van der Waals surface area contributed by atoms with Crippen LogP contribution in [0.5, 0.6) is 5.75 Å². The van der Waals surface area contributed by atoms with E-state index in [4.69, 9.17) is 4.74 Å². The van der Waals surface area contributed by atoms with Crippen molar-refractivity contribution in [1.29, 1.82) is 0 Å². The molecule has 2 rings (SSSR count). The van der Waals surface area contributed by atoms with Gasteiger partial charge < -0.3 is 10.1 Å². The highest BCUT2D eigenvalue weighted by atomic mass is 79.9. The van der Waals surface area contributed by atoms with Crippen molar-refractivity contribution >= 4 is 15.9 Å². The Morgan fingerprint density at radius 1 is 1.26 bits per heavy atom. The second-order valence-corrected chi connectivity index (χ2v) is 6.81. The average Bonchev–Trinajstić information content (AvgIpc) is 2.32. The van der Waals surface area contributed by atoms with Crippen molar-refractivity contribution in [1.82, 2.24) is 5.32 Å². The van der Waals surface area contributed by atoms with Crippen LogP contribution in [0.25, 0.3) is 0 Å². The van der Waals surface area contributed by atoms with Crippen molar-refractivity contribution in [3.05, 3.63) is 28.2 Å². The second kappa shape index (κ2) is 6.27. The van der Waals surface area contributed by atoms with Crippen molar-refractivity contribution in [3.63, 3.8) is 0 Å². The maximum Gasteiger partial charge on any atom is 0.133 e. The van der Waals surface area contributed by atoms with Crippen LogP contribution in [-0.2, 0) is 0 Å². The van der Waals surface area contributed by atoms with Crippen LogP contribution in [0.3, 0.4) is 0 Å². The lowest BCUT2D eigenvalue weighted by atomic mass is 9.73. The van der Waals surface area contributed by atoms with Crippen molar-refractivity contribution in [2.45, 2.75) is 45.7 Å². The molecule has 1 aromatic rings. The number of hydrogen-bond acceptors (Lipinski definition) is 2. The van der Waals surface area contributed by atoms with Gasteiger partial charge in [-0.25, -0.2) is 0 Å². The molecule has 1 aliphatic carbocycles. The molecule has 106 valence electrons. The Morgan fingerprint density at radius 3 is 2.47 bits per heavy atom. The molecule has 3 heteroatoms. The highest BCUT2D eigenvalue weighted by molar-refractivity contribution is 9.10. The molecule has 0 heterocycles. The summed E-state index contributed by atoms with van der Waals surface area (Å²) in [4.78, 5) is 0. The van der Waals surface area contributed by atoms with Gasteiger partial charge in [0.1, 0.15) is 5.75 Å². The molecule has 0 bridgehead atoms. The molecule has 1 unspecified atom stereocenters. The van der Waals surface area contributed by atoms with Crippen LogP contribution in [0, 0.1) is 11.8 Å². The number of ether oxygens (including phenoxy) is 1. The van der Waals surface area contributed by atoms with Crippen LogP contribution in [0.1, 0.15) is 45.2 Å². The Kier molecular flexibility index (Phi) is 4.91. The number of methoxy groups -OCH3 is 1. The molecule has 0 saturated heterocycles. The van der Waals surface area contributed by atoms with E-state index < -0.39 is 0 Å². The lowest BCUT2D eigenvalue weighted by molar-refractivity contribution is 0.159. The zero-order valence-electron chi connectivity index (χ0n) is 12.2. The fraction of sp³-hybridized carbons (Fsp3) is 0.625. The van der Waals surface area contributed by atoms with Crippen molar-refractivity contribution in [2.75, 3.05) is 7.11 Å². The Bertz CT molecular complexity index is 427. The highest BCUT2D eigenvalue weighted by Crippen LogP contribution is 2.35. The highest BCUT2D eigenvalue weighted by Gasteiger charge is 2.31. The smallest absolute Gasteiger partial charge is 0.133 e. The van der Waals surface area contributed by atoms with Gasteiger partial charge in [-0.15, -0.1) is 0 Å². The number of nitrogens with one attached hydrogen (secondary N) is 1. The minimum atomic E-state index is 0.389. The van der Waals surface area contributed by atoms with Crippen molar-refractivity contribution in [2.24, 2.45) is 11.8 Å². The fourth-order valence-corrected chi connectivity index (χ4v) is 3.30. The van der Waals surface area contributed by atoms with E-state index in [2.05, 4.69) is 54.2 Å². The predicted molar refractivity (Wildman–Crippen MR) is 83.6 cm³/mol. The standard InChI is InChI=1S/C16H24BrNO/c1-10(2)13-7-14(8-13)18-11(3)12-5-6-16(19-4)15(17)9-12/h5-6,9-11,13-14,18H,7-8H2,1-4H3. The fourth-order valence-electron chi connectivity index (χ4n) is 2.74. The van der Waals surface area contributed by atoms with E-state index in [0.29, 0.717) is 12.1 Å². The Morgan fingerprint density at radius 2 is 1.95 bits per heavy atom. The maximum atomic E-state index is 5.27. The molecule has 0 aromatic heterocycles. The maximum absolute atomic E-state index is 5.27. The number of hydrogen-bond donors (Lipinski definition) is 1. The van der Waals surface area contributed by atoms with Crippen LogP contribution < -0.4 is 10.1 Å². The van der Waals surface area contributed by atoms with E-state index in [0.717, 1.165) is 22.1 Å². The molecule has 19 heavy (non-hydrogen) atoms. The molecule has 1 atom stereocenters. The molecule has 1 N–H and O–H groups in total. The van der Waals surface area contributed by atoms with Gasteiger partial charge in [0.15, 0.2) is 0 Å². The number of rotatable bonds is 5. The van der Waals surface area contributed by atoms with Crippen LogP contribution >= 0.6 is 15.9 Å². The third-order valence-electron chi connectivity index (χ3n) is 4.28. The summed E-state index contributed by atoms with van der Waals surface area (Å²) in [6, 6.07) is 7.38. The van der Waals surface area contributed by atoms with Crippen molar-refractivity contribution in [3.8, 4) is 5.75 Å². The lowest BCUT2D eigenvalue weighted by Gasteiger charge is -2.40. The van der Waals surface area contributed by atoms with E-state index in [9.17, 15) is 0 Å². The van der Waals surface area contributed by atoms with Crippen LogP contribution in [0.15, 0.2) is 22.7 Å². The van der Waals surface area contributed by atoms with Crippen LogP contribution in [-0.4, -0.2) is 13.2 Å². The molecule has 1 fully saturated rings. The Labute approximate surface area is 125 Å². The van der Waals surface area contributed by atoms with E-state index in [1.165, 1.54) is 18.4 Å². The summed E-state index contributed by atoms with van der Waals surface area (Å²) >= 11 is 3.55. The molecule has 0 radical (unpaired) electrons. The first kappa shape index (κ1) is 14.9. The summed E-state index contributed by atoms with van der Waals surface area (Å²) in [6.45, 7) is 6.88. The predicted octanol–water partition coefficient (Wildman–Crippen LogP) is 4.54. The van der Waals surface area contributed by atoms with E-state index in [1.54, 1.807) is 7.11 Å². The largest absolute Gasteiger partial charge is 0.496 e. The van der Waals surface area contributed by atoms with E-state index in [-0.39, 0.29) is 0 Å². The normalized spacial score (nSPS) is 24.1. The molecule has 0 amide bonds. The lowest BCUT2D eigenvalue weighted by Crippen LogP contribution is -2.43. The summed E-state index contributed by atoms with van der Waals surface area (Å²) in [6.07, 6.45) is 2.64. The first-order valence-electron chi connectivity index (χ1n) is 7.10. The summed E-state index contributed by atoms with van der Waals surface area (Å²) < 4.78 is 6.29. The molecule has 1 saturated carbocycles. The van der Waals surface area contributed by atoms with Crippen LogP contribution in [0.2, 0.25) is 0 Å². The monoisotopic (exact) mass is 325 g/mol. The van der Waals surface area contributed by atoms with E-state index in [1.807, 2.05) is 6.07 Å². The van der Waals surface area contributed by atoms with Gasteiger partial charge in [0, 0.05) is 12.1 Å². The summed E-state index contributed by atoms with van der Waals surface area (Å²) in [7, 11) is 1.70. The minimum Gasteiger partial charge on any atom is -0.496 e. The zero-order valence-corrected chi connectivity index (χ0v) is 13.8. The average molecular weight is 326 g/mol. The van der Waals surface area contributed by atoms with Crippen LogP contribution in [0.4, 0.5) is 0 Å². The first-order chi connectivity index (χ1) is 9.01. The Balaban J connectivity index is 1.90. The SMILES string of the molecule is COc1ccc(C(C)NC2CC(C(C)C)C2)cc1Br. The zero-order chi connectivity index (χ0) is 14.0. The minimum absolute atomic E-state index is 0.389. The van der Waals surface area contributed by atoms with Gasteiger partial charge in [0.05, 0.1) is 11.6 Å². The van der Waals surface area contributed by atoms with Gasteiger partial charge in [-0.05, 0) is 65.2 Å². The summed E-state index contributed by atoms with van der Waals surface area (Å²) in [5, 5.41) is 3.72. The van der Waals surface area contributed by atoms with Gasteiger partial charge in [-0.1, -0.05) is 19.9 Å². The van der Waals surface area contributed by atoms with Gasteiger partial charge in [0.2, 0.25) is 0 Å². The summed E-state index contributed by atoms with van der Waals surface area (Å²) in [5.41, 5.74) is 1.31. The van der Waals surface area contributed by atoms with Crippen molar-refractivity contribution < 1.29 is 4.74 Å². The molecule has 2 nitrogen and oxygen atoms in total. The topological polar surface area (TPSA) is 21.3 Å². The third kappa shape index (κ3) is 3.51. The second-order valence-electron chi connectivity index (χ2n) is 5.95.